The van der Waals surface area contributed by atoms with E-state index in [1.54, 1.807) is 0 Å². The molecular formula is C7H11N2O5U+. The third-order valence-electron chi connectivity index (χ3n) is 1.85. The molecule has 82 valence electrons. The van der Waals surface area contributed by atoms with Crippen molar-refractivity contribution in [2.75, 3.05) is 6.61 Å². The van der Waals surface area contributed by atoms with Gasteiger partial charge >= 0.3 is 42.9 Å². The van der Waals surface area contributed by atoms with Crippen LogP contribution in [0.5, 0.6) is 0 Å². The van der Waals surface area contributed by atoms with Crippen molar-refractivity contribution < 1.29 is 55.7 Å². The number of aliphatic hydroxyl groups excluding tert-OH is 2. The van der Waals surface area contributed by atoms with Crippen LogP contribution in [-0.4, -0.2) is 46.9 Å². The summed E-state index contributed by atoms with van der Waals surface area (Å²) < 4.78 is 4.82. The van der Waals surface area contributed by atoms with E-state index in [4.69, 9.17) is 9.84 Å². The molecule has 0 bridgehead atoms. The van der Waals surface area contributed by atoms with Crippen molar-refractivity contribution >= 4 is 11.8 Å². The molecule has 7 nitrogen and oxygen atoms in total. The van der Waals surface area contributed by atoms with Crippen molar-refractivity contribution in [3.63, 3.8) is 0 Å². The van der Waals surface area contributed by atoms with Crippen molar-refractivity contribution in [2.24, 2.45) is 5.73 Å². The van der Waals surface area contributed by atoms with E-state index in [0.717, 1.165) is 6.61 Å². The Morgan fingerprint density at radius 2 is 2.13 bits per heavy atom. The maximum atomic E-state index is 10.8. The number of hydrogen-bond acceptors (Lipinski definition) is 5. The number of rotatable bonds is 2. The van der Waals surface area contributed by atoms with E-state index in [-0.39, 0.29) is 37.7 Å². The fourth-order valence-electron chi connectivity index (χ4n) is 1.07. The Kier molecular flexibility index (Phi) is 6.40. The molecule has 3 atom stereocenters. The normalized spacial score (nSPS) is 29.3. The molecular weight excluding hydrogens is 430 g/mol. The van der Waals surface area contributed by atoms with E-state index in [2.05, 4.69) is 11.1 Å². The standard InChI is InChI=1S/C7H11N2O5.U/c8-6(12)7(13)9-3-2-14-4(1-10)5(3)11;/h2-5,10-11H,1H2,(H2,8,12)(H,9,13);/q-1;+2. The van der Waals surface area contributed by atoms with Gasteiger partial charge in [-0.2, -0.15) is 6.61 Å². The SMILES string of the molecule is NC(=O)C(=O)NC1[CH-]OC(CO)C1O.[U+2]. The number of carbonyl (C=O) groups is 2. The molecule has 1 fully saturated rings. The van der Waals surface area contributed by atoms with E-state index >= 15 is 0 Å². The monoisotopic (exact) mass is 441 g/mol. The molecule has 0 aromatic rings. The zero-order valence-electron chi connectivity index (χ0n) is 7.71. The fraction of sp³-hybridized carbons (Fsp3) is 0.571. The van der Waals surface area contributed by atoms with Gasteiger partial charge in [0.2, 0.25) is 0 Å². The number of amides is 2. The number of ether oxygens (including phenoxy) is 1. The summed E-state index contributed by atoms with van der Waals surface area (Å²) in [6, 6.07) is -0.827. The molecule has 1 rings (SSSR count). The fourth-order valence-corrected chi connectivity index (χ4v) is 1.07. The molecule has 8 heteroatoms. The second-order valence-electron chi connectivity index (χ2n) is 2.85. The summed E-state index contributed by atoms with van der Waals surface area (Å²) in [5, 5.41) is 20.2. The molecule has 1 aliphatic heterocycles. The molecule has 1 saturated heterocycles. The zero-order valence-corrected chi connectivity index (χ0v) is 11.9. The third-order valence-corrected chi connectivity index (χ3v) is 1.85. The Labute approximate surface area is 110 Å². The smallest absolute Gasteiger partial charge is 0.544 e. The average Bonchev–Trinajstić information content (AvgIpc) is 2.47. The van der Waals surface area contributed by atoms with Gasteiger partial charge in [-0.1, -0.05) is 0 Å². The minimum Gasteiger partial charge on any atom is -0.544 e. The summed E-state index contributed by atoms with van der Waals surface area (Å²) >= 11 is 0. The molecule has 0 aromatic heterocycles. The van der Waals surface area contributed by atoms with Gasteiger partial charge in [0.1, 0.15) is 0 Å². The van der Waals surface area contributed by atoms with Gasteiger partial charge in [0, 0.05) is 0 Å². The van der Waals surface area contributed by atoms with Gasteiger partial charge in [0.15, 0.2) is 0 Å². The quantitative estimate of drug-likeness (QED) is 0.267. The maximum Gasteiger partial charge on any atom is 2.00 e. The Morgan fingerprint density at radius 1 is 1.53 bits per heavy atom. The second-order valence-corrected chi connectivity index (χ2v) is 2.85. The minimum absolute atomic E-state index is 0. The molecule has 2 amide bonds. The van der Waals surface area contributed by atoms with Crippen molar-refractivity contribution in [3.8, 4) is 0 Å². The first-order chi connectivity index (χ1) is 6.56. The van der Waals surface area contributed by atoms with Crippen molar-refractivity contribution in [1.29, 1.82) is 0 Å². The zero-order chi connectivity index (χ0) is 10.7. The molecule has 0 saturated carbocycles. The number of aliphatic hydroxyl groups is 2. The van der Waals surface area contributed by atoms with Crippen LogP contribution < -0.4 is 11.1 Å². The number of carbonyl (C=O) groups excluding carboxylic acids is 2. The molecule has 5 N–H and O–H groups in total. The largest absolute Gasteiger partial charge is 2.00 e. The molecule has 0 spiro atoms. The summed E-state index contributed by atoms with van der Waals surface area (Å²) in [6.07, 6.45) is -1.86. The van der Waals surface area contributed by atoms with E-state index < -0.39 is 30.1 Å². The van der Waals surface area contributed by atoms with Gasteiger partial charge < -0.3 is 26.0 Å². The Balaban J connectivity index is 0.00000196. The van der Waals surface area contributed by atoms with Crippen LogP contribution in [0.4, 0.5) is 0 Å². The molecule has 1 heterocycles. The topological polar surface area (TPSA) is 122 Å². The Hall–Kier alpha value is -0.128. The first-order valence-electron chi connectivity index (χ1n) is 3.94. The molecule has 0 aromatic carbocycles. The Bertz CT molecular complexity index is 250. The second kappa shape index (κ2) is 6.45. The summed E-state index contributed by atoms with van der Waals surface area (Å²) in [4.78, 5) is 21.2. The predicted octanol–water partition coefficient (Wildman–Crippen LogP) is -3.13. The van der Waals surface area contributed by atoms with Gasteiger partial charge in [0.25, 0.3) is 0 Å². The van der Waals surface area contributed by atoms with Crippen molar-refractivity contribution in [1.82, 2.24) is 5.32 Å². The van der Waals surface area contributed by atoms with Crippen LogP contribution in [0.2, 0.25) is 0 Å². The number of nitrogens with two attached hydrogens (primary N) is 1. The number of hydrogen-bond donors (Lipinski definition) is 4. The van der Waals surface area contributed by atoms with E-state index in [1.165, 1.54) is 0 Å². The first kappa shape index (κ1) is 14.9. The van der Waals surface area contributed by atoms with Crippen LogP contribution in [-0.2, 0) is 14.3 Å². The molecule has 0 aliphatic carbocycles. The van der Waals surface area contributed by atoms with Gasteiger partial charge in [-0.15, -0.1) is 0 Å². The predicted molar refractivity (Wildman–Crippen MR) is 43.4 cm³/mol. The molecule has 15 heavy (non-hydrogen) atoms. The van der Waals surface area contributed by atoms with E-state index in [9.17, 15) is 14.7 Å². The Morgan fingerprint density at radius 3 is 2.53 bits per heavy atom. The third kappa shape index (κ3) is 3.74. The van der Waals surface area contributed by atoms with Gasteiger partial charge in [-0.25, -0.2) is 0 Å². The van der Waals surface area contributed by atoms with Crippen LogP contribution in [0.25, 0.3) is 0 Å². The van der Waals surface area contributed by atoms with Crippen molar-refractivity contribution in [2.45, 2.75) is 18.2 Å². The van der Waals surface area contributed by atoms with Crippen LogP contribution in [0.3, 0.4) is 0 Å². The summed E-state index contributed by atoms with van der Waals surface area (Å²) in [7, 11) is 0. The molecule has 1 aliphatic rings. The summed E-state index contributed by atoms with van der Waals surface area (Å²) in [5.41, 5.74) is 4.69. The first-order valence-corrected chi connectivity index (χ1v) is 3.94. The molecule has 0 radical (unpaired) electrons. The van der Waals surface area contributed by atoms with Crippen LogP contribution in [0.1, 0.15) is 0 Å². The number of primary amides is 1. The van der Waals surface area contributed by atoms with Crippen LogP contribution >= 0.6 is 0 Å². The average molecular weight is 441 g/mol. The van der Waals surface area contributed by atoms with Gasteiger partial charge in [-0.3, -0.25) is 9.59 Å². The van der Waals surface area contributed by atoms with E-state index in [1.807, 2.05) is 0 Å². The molecule has 3 unspecified atom stereocenters. The minimum atomic E-state index is -1.14. The van der Waals surface area contributed by atoms with Gasteiger partial charge in [0.05, 0.1) is 18.8 Å². The van der Waals surface area contributed by atoms with Crippen LogP contribution in [0, 0.1) is 37.7 Å². The summed E-state index contributed by atoms with van der Waals surface area (Å²) in [5.74, 6) is -2.15. The van der Waals surface area contributed by atoms with Crippen LogP contribution in [0.15, 0.2) is 0 Å². The maximum absolute atomic E-state index is 10.8. The van der Waals surface area contributed by atoms with Gasteiger partial charge in [-0.05, 0) is 6.04 Å². The summed E-state index contributed by atoms with van der Waals surface area (Å²) in [6.45, 7) is 0.771. The van der Waals surface area contributed by atoms with Crippen molar-refractivity contribution in [3.05, 3.63) is 6.61 Å². The number of nitrogens with one attached hydrogen (secondary N) is 1. The van der Waals surface area contributed by atoms with E-state index in [0.29, 0.717) is 0 Å².